The van der Waals surface area contributed by atoms with E-state index < -0.39 is 30.5 Å². The van der Waals surface area contributed by atoms with Crippen LogP contribution in [0.3, 0.4) is 0 Å². The van der Waals surface area contributed by atoms with E-state index in [1.54, 1.807) is 18.7 Å². The summed E-state index contributed by atoms with van der Waals surface area (Å²) in [7, 11) is 1.00. The summed E-state index contributed by atoms with van der Waals surface area (Å²) in [5.74, 6) is -0.375. The van der Waals surface area contributed by atoms with Gasteiger partial charge in [0.25, 0.3) is 0 Å². The Labute approximate surface area is 320 Å². The molecule has 0 aliphatic heterocycles. The minimum absolute atomic E-state index is 0.0608. The largest absolute Gasteiger partial charge is 0.400 e. The fraction of sp³-hybridized carbons (Fsp3) is 0.921. The maximum absolute atomic E-state index is 13.3. The molecule has 0 aromatic heterocycles. The van der Waals surface area contributed by atoms with Crippen LogP contribution in [-0.2, 0) is 14.4 Å². The van der Waals surface area contributed by atoms with Gasteiger partial charge in [-0.05, 0) is 63.7 Å². The van der Waals surface area contributed by atoms with Crippen LogP contribution in [0.15, 0.2) is 0 Å². The predicted molar refractivity (Wildman–Crippen MR) is 209 cm³/mol. The van der Waals surface area contributed by atoms with E-state index in [9.17, 15) is 39.9 Å². The first kappa shape index (κ1) is 53.2. The van der Waals surface area contributed by atoms with Gasteiger partial charge < -0.3 is 46.6 Å². The third kappa shape index (κ3) is 29.1. The van der Waals surface area contributed by atoms with Gasteiger partial charge in [-0.1, -0.05) is 48.0 Å². The summed E-state index contributed by atoms with van der Waals surface area (Å²) in [4.78, 5) is 44.8. The Hall–Kier alpha value is -1.95. The number of hydrogen-bond donors (Lipinski definition) is 9. The van der Waals surface area contributed by atoms with Gasteiger partial charge in [-0.25, -0.2) is 0 Å². The summed E-state index contributed by atoms with van der Waals surface area (Å²) in [5.41, 5.74) is 0. The van der Waals surface area contributed by atoms with Gasteiger partial charge in [0.05, 0.1) is 50.5 Å². The van der Waals surface area contributed by atoms with Crippen molar-refractivity contribution in [3.8, 4) is 0 Å². The monoisotopic (exact) mass is 765 g/mol. The molecule has 0 aliphatic rings. The third-order valence-corrected chi connectivity index (χ3v) is 9.45. The first-order chi connectivity index (χ1) is 25.0. The van der Waals surface area contributed by atoms with E-state index in [1.807, 2.05) is 32.6 Å². The summed E-state index contributed by atoms with van der Waals surface area (Å²) in [5, 5.41) is 66.0. The minimum Gasteiger partial charge on any atom is -0.400 e. The molecule has 0 heterocycles. The average molecular weight is 765 g/mol. The number of carbonyl (C=O) groups excluding carboxylic acids is 3. The molecule has 3 amide bonds. The van der Waals surface area contributed by atoms with Crippen molar-refractivity contribution in [1.82, 2.24) is 30.7 Å². The van der Waals surface area contributed by atoms with Crippen LogP contribution in [0.1, 0.15) is 113 Å². The van der Waals surface area contributed by atoms with Crippen LogP contribution in [0, 0.1) is 17.8 Å². The lowest BCUT2D eigenvalue weighted by Gasteiger charge is -2.28. The van der Waals surface area contributed by atoms with Gasteiger partial charge >= 0.3 is 0 Å². The maximum atomic E-state index is 13.3. The molecule has 15 heteroatoms. The summed E-state index contributed by atoms with van der Waals surface area (Å²) >= 11 is 0. The zero-order chi connectivity index (χ0) is 40.9. The zero-order valence-corrected chi connectivity index (χ0v) is 34.6. The number of aliphatic hydroxyl groups excluding tert-OH is 6. The molecule has 0 fully saturated rings. The van der Waals surface area contributed by atoms with Crippen molar-refractivity contribution >= 4 is 17.7 Å². The van der Waals surface area contributed by atoms with Gasteiger partial charge in [-0.3, -0.25) is 29.1 Å². The van der Waals surface area contributed by atoms with Gasteiger partial charge in [0, 0.05) is 65.6 Å². The highest BCUT2D eigenvalue weighted by atomic mass is 16.3. The fourth-order valence-corrected chi connectivity index (χ4v) is 5.80. The molecule has 316 valence electrons. The lowest BCUT2D eigenvalue weighted by Crippen LogP contribution is -2.45. The molecule has 0 bridgehead atoms. The van der Waals surface area contributed by atoms with Crippen LogP contribution in [0.25, 0.3) is 0 Å². The highest BCUT2D eigenvalue weighted by Gasteiger charge is 2.24. The summed E-state index contributed by atoms with van der Waals surface area (Å²) in [6, 6.07) is 0. The molecule has 0 spiro atoms. The van der Waals surface area contributed by atoms with Crippen molar-refractivity contribution in [3.63, 3.8) is 0 Å². The molecule has 15 nitrogen and oxygen atoms in total. The van der Waals surface area contributed by atoms with Crippen molar-refractivity contribution < 1.29 is 45.0 Å². The number of carbonyl (C=O) groups is 3. The minimum atomic E-state index is -0.626. The standard InChI is InChI=1S/C37H76N6O8.CH4O/c1-9-27(5)18-41(21-32(46)10-2)24-38-35(49)15-13-28(6)31(14-16-36(50)39-25-42(19-29(7)44)20-30(8)45)17-37(51)40-26-43(22-33(47)11-3)23-34(48)12-4;1-2/h27-34,44-48H,9-26H2,1-8H3,(H,38,49)(H,39,50)(H,40,51);2H,1H3/t27?,28-,29?,30?,31-,32?,33?,34?;/m0./s1. The second-order valence-electron chi connectivity index (χ2n) is 14.8. The highest BCUT2D eigenvalue weighted by molar-refractivity contribution is 5.77. The first-order valence-electron chi connectivity index (χ1n) is 19.8. The summed E-state index contributed by atoms with van der Waals surface area (Å²) in [6.45, 7) is 18.4. The quantitative estimate of drug-likeness (QED) is 0.0453. The Morgan fingerprint density at radius 1 is 0.509 bits per heavy atom. The SMILES string of the molecule is CCC(C)CN(CNC(=O)CC[C@H](C)[C@@H](CCC(=O)NCN(CC(C)O)CC(C)O)CC(=O)NCN(CC(O)CC)CC(O)CC)CC(O)CC.CO. The van der Waals surface area contributed by atoms with Crippen molar-refractivity contribution in [3.05, 3.63) is 0 Å². The Morgan fingerprint density at radius 2 is 0.868 bits per heavy atom. The third-order valence-electron chi connectivity index (χ3n) is 9.45. The van der Waals surface area contributed by atoms with Gasteiger partial charge in [0.2, 0.25) is 17.7 Å². The summed E-state index contributed by atoms with van der Waals surface area (Å²) < 4.78 is 0. The van der Waals surface area contributed by atoms with Crippen LogP contribution >= 0.6 is 0 Å². The van der Waals surface area contributed by atoms with Crippen molar-refractivity contribution in [2.24, 2.45) is 17.8 Å². The second kappa shape index (κ2) is 32.3. The van der Waals surface area contributed by atoms with Gasteiger partial charge in [-0.15, -0.1) is 0 Å². The molecular formula is C38H80N6O9. The molecule has 0 saturated carbocycles. The zero-order valence-electron chi connectivity index (χ0n) is 34.6. The molecule has 0 rings (SSSR count). The normalized spacial score (nSPS) is 16.2. The van der Waals surface area contributed by atoms with E-state index in [0.29, 0.717) is 77.4 Å². The number of amides is 3. The molecule has 0 aromatic carbocycles. The van der Waals surface area contributed by atoms with Gasteiger partial charge in [0.1, 0.15) is 0 Å². The smallest absolute Gasteiger partial charge is 0.221 e. The molecule has 0 radical (unpaired) electrons. The summed E-state index contributed by atoms with van der Waals surface area (Å²) in [6.07, 6.45) is 1.34. The van der Waals surface area contributed by atoms with Crippen LogP contribution in [0.5, 0.6) is 0 Å². The molecule has 8 atom stereocenters. The number of nitrogens with zero attached hydrogens (tertiary/aromatic N) is 3. The highest BCUT2D eigenvalue weighted by Crippen LogP contribution is 2.26. The number of nitrogens with one attached hydrogen (secondary N) is 3. The molecular weight excluding hydrogens is 684 g/mol. The number of hydrogen-bond acceptors (Lipinski definition) is 12. The Morgan fingerprint density at radius 3 is 1.25 bits per heavy atom. The number of rotatable bonds is 31. The number of aliphatic hydroxyl groups is 6. The second-order valence-corrected chi connectivity index (χ2v) is 14.8. The molecule has 0 saturated heterocycles. The van der Waals surface area contributed by atoms with Crippen molar-refractivity contribution in [2.45, 2.75) is 144 Å². The van der Waals surface area contributed by atoms with E-state index in [1.165, 1.54) is 0 Å². The molecule has 0 aromatic rings. The Kier molecular flexibility index (Phi) is 32.4. The average Bonchev–Trinajstić information content (AvgIpc) is 3.12. The first-order valence-corrected chi connectivity index (χ1v) is 19.8. The lowest BCUT2D eigenvalue weighted by molar-refractivity contribution is -0.125. The fourth-order valence-electron chi connectivity index (χ4n) is 5.80. The van der Waals surface area contributed by atoms with Crippen molar-refractivity contribution in [1.29, 1.82) is 0 Å². The van der Waals surface area contributed by atoms with E-state index in [-0.39, 0.29) is 62.2 Å². The maximum Gasteiger partial charge on any atom is 0.221 e. The van der Waals surface area contributed by atoms with Crippen LogP contribution in [0.2, 0.25) is 0 Å². The molecule has 9 N–H and O–H groups in total. The van der Waals surface area contributed by atoms with Crippen LogP contribution < -0.4 is 16.0 Å². The van der Waals surface area contributed by atoms with E-state index >= 15 is 0 Å². The lowest BCUT2D eigenvalue weighted by atomic mass is 9.83. The molecule has 0 aliphatic carbocycles. The predicted octanol–water partition coefficient (Wildman–Crippen LogP) is 1.05. The van der Waals surface area contributed by atoms with Gasteiger partial charge in [-0.2, -0.15) is 0 Å². The van der Waals surface area contributed by atoms with E-state index in [4.69, 9.17) is 5.11 Å². The Bertz CT molecular complexity index is 899. The van der Waals surface area contributed by atoms with E-state index in [0.717, 1.165) is 20.1 Å². The Balaban J connectivity index is 0. The molecule has 53 heavy (non-hydrogen) atoms. The van der Waals surface area contributed by atoms with Crippen molar-refractivity contribution in [2.75, 3.05) is 66.4 Å². The molecule has 6 unspecified atom stereocenters. The van der Waals surface area contributed by atoms with Crippen LogP contribution in [0.4, 0.5) is 0 Å². The van der Waals surface area contributed by atoms with Gasteiger partial charge in [0.15, 0.2) is 0 Å². The van der Waals surface area contributed by atoms with E-state index in [2.05, 4.69) is 34.7 Å². The van der Waals surface area contributed by atoms with Crippen LogP contribution in [-0.4, -0.2) is 160 Å². The topological polar surface area (TPSA) is 218 Å².